The van der Waals surface area contributed by atoms with Gasteiger partial charge in [-0.3, -0.25) is 14.1 Å². The van der Waals surface area contributed by atoms with Crippen LogP contribution in [0.2, 0.25) is 0 Å². The van der Waals surface area contributed by atoms with Gasteiger partial charge in [0.05, 0.1) is 17.5 Å². The third kappa shape index (κ3) is 5.45. The molecule has 0 unspecified atom stereocenters. The molecule has 0 fully saturated rings. The lowest BCUT2D eigenvalue weighted by Gasteiger charge is -2.20. The number of aromatic nitrogens is 1. The second-order valence-corrected chi connectivity index (χ2v) is 8.06. The number of anilines is 1. The monoisotopic (exact) mass is 377 g/mol. The van der Waals surface area contributed by atoms with E-state index in [0.717, 1.165) is 0 Å². The van der Waals surface area contributed by atoms with Crippen molar-refractivity contribution in [3.63, 3.8) is 0 Å². The number of carbonyl (C=O) groups is 1. The predicted octanol–water partition coefficient (Wildman–Crippen LogP) is 2.06. The average Bonchev–Trinajstić information content (AvgIpc) is 2.61. The fraction of sp³-hybridized carbons (Fsp3) is 0.333. The van der Waals surface area contributed by atoms with Crippen LogP contribution >= 0.6 is 0 Å². The van der Waals surface area contributed by atoms with Crippen LogP contribution in [0.4, 0.5) is 5.69 Å². The van der Waals surface area contributed by atoms with Crippen LogP contribution in [0.5, 0.6) is 5.75 Å². The zero-order chi connectivity index (χ0) is 19.2. The number of pyridine rings is 1. The van der Waals surface area contributed by atoms with E-state index in [4.69, 9.17) is 4.74 Å². The summed E-state index contributed by atoms with van der Waals surface area (Å²) >= 11 is 0. The van der Waals surface area contributed by atoms with Crippen LogP contribution in [-0.4, -0.2) is 44.8 Å². The molecule has 1 amide bonds. The molecule has 0 saturated carbocycles. The second-order valence-electron chi connectivity index (χ2n) is 5.94. The highest BCUT2D eigenvalue weighted by Crippen LogP contribution is 2.21. The summed E-state index contributed by atoms with van der Waals surface area (Å²) in [4.78, 5) is 15.8. The molecule has 0 atom stereocenters. The highest BCUT2D eigenvalue weighted by Gasteiger charge is 2.19. The summed E-state index contributed by atoms with van der Waals surface area (Å²) in [6.45, 7) is 3.86. The van der Waals surface area contributed by atoms with Gasteiger partial charge in [0, 0.05) is 31.5 Å². The van der Waals surface area contributed by atoms with Gasteiger partial charge >= 0.3 is 0 Å². The first-order valence-electron chi connectivity index (χ1n) is 8.21. The molecular weight excluding hydrogens is 354 g/mol. The van der Waals surface area contributed by atoms with E-state index in [1.54, 1.807) is 36.4 Å². The second kappa shape index (κ2) is 8.66. The van der Waals surface area contributed by atoms with Gasteiger partial charge in [-0.15, -0.1) is 0 Å². The highest BCUT2D eigenvalue weighted by molar-refractivity contribution is 7.92. The summed E-state index contributed by atoms with van der Waals surface area (Å²) in [6, 6.07) is 9.96. The number of nitrogens with one attached hydrogen (secondary N) is 1. The normalized spacial score (nSPS) is 11.2. The lowest BCUT2D eigenvalue weighted by molar-refractivity contribution is 0.0956. The zero-order valence-electron chi connectivity index (χ0n) is 15.0. The quantitative estimate of drug-likeness (QED) is 0.761. The first-order valence-corrected chi connectivity index (χ1v) is 9.82. The minimum absolute atomic E-state index is 0.0162. The molecule has 1 aromatic carbocycles. The summed E-state index contributed by atoms with van der Waals surface area (Å²) in [5, 5.41) is 2.60. The molecular formula is C18H23N3O4S. The zero-order valence-corrected chi connectivity index (χ0v) is 15.9. The van der Waals surface area contributed by atoms with Gasteiger partial charge in [-0.05, 0) is 50.2 Å². The number of hydrogen-bond acceptors (Lipinski definition) is 5. The van der Waals surface area contributed by atoms with Crippen LogP contribution < -0.4 is 14.4 Å². The first kappa shape index (κ1) is 19.7. The molecule has 2 rings (SSSR count). The Hall–Kier alpha value is -2.61. The maximum atomic E-state index is 12.4. The molecule has 140 valence electrons. The molecule has 7 nitrogen and oxygen atoms in total. The molecule has 0 saturated heterocycles. The fourth-order valence-corrected chi connectivity index (χ4v) is 3.28. The van der Waals surface area contributed by atoms with Gasteiger partial charge < -0.3 is 10.1 Å². The third-order valence-electron chi connectivity index (χ3n) is 3.58. The number of rotatable bonds is 8. The summed E-state index contributed by atoms with van der Waals surface area (Å²) in [6.07, 6.45) is 3.06. The lowest BCUT2D eigenvalue weighted by Crippen LogP contribution is -2.35. The van der Waals surface area contributed by atoms with Crippen molar-refractivity contribution in [3.05, 3.63) is 54.4 Å². The molecule has 26 heavy (non-hydrogen) atoms. The SMILES string of the molecule is CC(C)Oc1ccc(N(C)S(=O)(=O)CCNC(=O)c2ccncc2)cc1. The van der Waals surface area contributed by atoms with E-state index in [1.807, 2.05) is 13.8 Å². The van der Waals surface area contributed by atoms with Gasteiger partial charge in [-0.2, -0.15) is 0 Å². The fourth-order valence-electron chi connectivity index (χ4n) is 2.20. The van der Waals surface area contributed by atoms with Crippen LogP contribution in [0, 0.1) is 0 Å². The largest absolute Gasteiger partial charge is 0.491 e. The molecule has 1 aromatic heterocycles. The van der Waals surface area contributed by atoms with Crippen LogP contribution in [0.3, 0.4) is 0 Å². The minimum Gasteiger partial charge on any atom is -0.491 e. The van der Waals surface area contributed by atoms with Crippen molar-refractivity contribution in [1.29, 1.82) is 0 Å². The van der Waals surface area contributed by atoms with E-state index in [2.05, 4.69) is 10.3 Å². The van der Waals surface area contributed by atoms with Crippen LogP contribution in [0.25, 0.3) is 0 Å². The Morgan fingerprint density at radius 2 is 1.77 bits per heavy atom. The van der Waals surface area contributed by atoms with Gasteiger partial charge in [0.1, 0.15) is 5.75 Å². The number of carbonyl (C=O) groups excluding carboxylic acids is 1. The molecule has 0 spiro atoms. The Labute approximate surface area is 154 Å². The predicted molar refractivity (Wildman–Crippen MR) is 101 cm³/mol. The first-order chi connectivity index (χ1) is 12.3. The Bertz CT molecular complexity index is 821. The standard InChI is InChI=1S/C18H23N3O4S/c1-14(2)25-17-6-4-16(5-7-17)21(3)26(23,24)13-12-20-18(22)15-8-10-19-11-9-15/h4-11,14H,12-13H2,1-3H3,(H,20,22). The summed E-state index contributed by atoms with van der Waals surface area (Å²) in [5.41, 5.74) is 0.966. The van der Waals surface area contributed by atoms with Crippen molar-refractivity contribution < 1.29 is 17.9 Å². The van der Waals surface area contributed by atoms with Crippen molar-refractivity contribution >= 4 is 21.6 Å². The Balaban J connectivity index is 1.93. The smallest absolute Gasteiger partial charge is 0.251 e. The van der Waals surface area contributed by atoms with E-state index in [9.17, 15) is 13.2 Å². The van der Waals surface area contributed by atoms with Crippen molar-refractivity contribution in [2.45, 2.75) is 20.0 Å². The molecule has 1 N–H and O–H groups in total. The van der Waals surface area contributed by atoms with Crippen LogP contribution in [0.15, 0.2) is 48.8 Å². The Morgan fingerprint density at radius 1 is 1.15 bits per heavy atom. The molecule has 2 aromatic rings. The molecule has 0 aliphatic carbocycles. The van der Waals surface area contributed by atoms with Gasteiger partial charge in [-0.1, -0.05) is 0 Å². The Kier molecular flexibility index (Phi) is 6.57. The summed E-state index contributed by atoms with van der Waals surface area (Å²) in [5.74, 6) is 0.143. The topological polar surface area (TPSA) is 88.6 Å². The van der Waals surface area contributed by atoms with Gasteiger partial charge in [0.25, 0.3) is 5.91 Å². The molecule has 0 aliphatic heterocycles. The maximum Gasteiger partial charge on any atom is 0.251 e. The molecule has 8 heteroatoms. The number of benzene rings is 1. The Morgan fingerprint density at radius 3 is 2.35 bits per heavy atom. The summed E-state index contributed by atoms with van der Waals surface area (Å²) in [7, 11) is -2.08. The van der Waals surface area contributed by atoms with E-state index >= 15 is 0 Å². The summed E-state index contributed by atoms with van der Waals surface area (Å²) < 4.78 is 31.6. The number of amides is 1. The average molecular weight is 377 g/mol. The molecule has 0 radical (unpaired) electrons. The minimum atomic E-state index is -3.56. The highest BCUT2D eigenvalue weighted by atomic mass is 32.2. The van der Waals surface area contributed by atoms with Gasteiger partial charge in [0.2, 0.25) is 10.0 Å². The number of sulfonamides is 1. The van der Waals surface area contributed by atoms with E-state index in [1.165, 1.54) is 23.7 Å². The van der Waals surface area contributed by atoms with E-state index < -0.39 is 10.0 Å². The molecule has 1 heterocycles. The van der Waals surface area contributed by atoms with Crippen LogP contribution in [0.1, 0.15) is 24.2 Å². The number of nitrogens with zero attached hydrogens (tertiary/aromatic N) is 2. The van der Waals surface area contributed by atoms with Crippen molar-refractivity contribution in [1.82, 2.24) is 10.3 Å². The third-order valence-corrected chi connectivity index (χ3v) is 5.34. The number of ether oxygens (including phenoxy) is 1. The lowest BCUT2D eigenvalue weighted by atomic mass is 10.2. The molecule has 0 aliphatic rings. The molecule has 0 bridgehead atoms. The van der Waals surface area contributed by atoms with Crippen molar-refractivity contribution in [2.24, 2.45) is 0 Å². The van der Waals surface area contributed by atoms with Crippen LogP contribution in [-0.2, 0) is 10.0 Å². The number of hydrogen-bond donors (Lipinski definition) is 1. The van der Waals surface area contributed by atoms with E-state index in [-0.39, 0.29) is 24.3 Å². The maximum absolute atomic E-state index is 12.4. The van der Waals surface area contributed by atoms with E-state index in [0.29, 0.717) is 17.0 Å². The van der Waals surface area contributed by atoms with Crippen molar-refractivity contribution in [2.75, 3.05) is 23.7 Å². The van der Waals surface area contributed by atoms with Crippen molar-refractivity contribution in [3.8, 4) is 5.75 Å². The van der Waals surface area contributed by atoms with Gasteiger partial charge in [0.15, 0.2) is 0 Å². The van der Waals surface area contributed by atoms with Gasteiger partial charge in [-0.25, -0.2) is 8.42 Å².